The minimum Gasteiger partial charge on any atom is -0.507 e. The van der Waals surface area contributed by atoms with E-state index >= 15 is 0 Å². The largest absolute Gasteiger partial charge is 0.507 e. The molecule has 1 fully saturated rings. The number of nitro benzene ring substituents is 1. The average molecular weight is 641 g/mol. The number of amides is 1. The van der Waals surface area contributed by atoms with E-state index in [0.29, 0.717) is 21.6 Å². The van der Waals surface area contributed by atoms with Gasteiger partial charge >= 0.3 is 5.91 Å². The molecule has 6 rings (SSSR count). The molecule has 5 aromatic rings. The lowest BCUT2D eigenvalue weighted by Crippen LogP contribution is -2.29. The van der Waals surface area contributed by atoms with Crippen molar-refractivity contribution in [3.63, 3.8) is 0 Å². The van der Waals surface area contributed by atoms with E-state index in [-0.39, 0.29) is 27.5 Å². The number of methoxy groups -OCH3 is 2. The summed E-state index contributed by atoms with van der Waals surface area (Å²) >= 11 is 2.54. The molecule has 1 aliphatic heterocycles. The fourth-order valence-electron chi connectivity index (χ4n) is 5.21. The van der Waals surface area contributed by atoms with Crippen LogP contribution in [0.5, 0.6) is 11.5 Å². The van der Waals surface area contributed by atoms with E-state index in [1.807, 2.05) is 42.5 Å². The summed E-state index contributed by atoms with van der Waals surface area (Å²) in [6.07, 6.45) is 0. The molecule has 13 heteroatoms. The Morgan fingerprint density at radius 1 is 0.978 bits per heavy atom. The van der Waals surface area contributed by atoms with Gasteiger partial charge in [0.05, 0.1) is 30.8 Å². The van der Waals surface area contributed by atoms with E-state index in [1.165, 1.54) is 56.3 Å². The monoisotopic (exact) mass is 640 g/mol. The topological polar surface area (TPSA) is 145 Å². The number of Topliss-reactive ketones (excluding diaryl/α,β-unsaturated/α-hetero) is 1. The third-order valence-corrected chi connectivity index (χ3v) is 9.44. The number of nitro groups is 1. The first-order valence-electron chi connectivity index (χ1n) is 13.5. The number of ketones is 1. The summed E-state index contributed by atoms with van der Waals surface area (Å²) in [5.74, 6) is -1.13. The predicted molar refractivity (Wildman–Crippen MR) is 171 cm³/mol. The number of thioether (sulfide) groups is 1. The van der Waals surface area contributed by atoms with Gasteiger partial charge in [-0.15, -0.1) is 10.2 Å². The lowest BCUT2D eigenvalue weighted by molar-refractivity contribution is -0.384. The Kier molecular flexibility index (Phi) is 8.20. The summed E-state index contributed by atoms with van der Waals surface area (Å²) in [6, 6.07) is 23.0. The van der Waals surface area contributed by atoms with Crippen LogP contribution in [0.15, 0.2) is 94.8 Å². The van der Waals surface area contributed by atoms with Gasteiger partial charge in [-0.05, 0) is 40.1 Å². The first-order chi connectivity index (χ1) is 21.8. The lowest BCUT2D eigenvalue weighted by atomic mass is 9.95. The molecule has 45 heavy (non-hydrogen) atoms. The molecule has 2 heterocycles. The molecule has 0 radical (unpaired) electrons. The zero-order valence-electron chi connectivity index (χ0n) is 23.9. The van der Waals surface area contributed by atoms with Gasteiger partial charge in [-0.25, -0.2) is 0 Å². The highest BCUT2D eigenvalue weighted by atomic mass is 32.2. The predicted octanol–water partition coefficient (Wildman–Crippen LogP) is 6.54. The number of benzene rings is 4. The fraction of sp³-hybridized carbons (Fsp3) is 0.125. The van der Waals surface area contributed by atoms with Crippen LogP contribution in [0.2, 0.25) is 0 Å². The number of hydrogen-bond donors (Lipinski definition) is 1. The van der Waals surface area contributed by atoms with Crippen LogP contribution in [-0.2, 0) is 15.3 Å². The number of ether oxygens (including phenoxy) is 2. The van der Waals surface area contributed by atoms with Crippen molar-refractivity contribution >= 4 is 62.1 Å². The molecule has 1 amide bonds. The number of carbonyl (C=O) groups excluding carboxylic acids is 2. The summed E-state index contributed by atoms with van der Waals surface area (Å²) in [5.41, 5.74) is 1.03. The Morgan fingerprint density at radius 2 is 1.73 bits per heavy atom. The molecule has 0 spiro atoms. The third-order valence-electron chi connectivity index (χ3n) is 7.33. The minimum absolute atomic E-state index is 0.111. The Balaban J connectivity index is 1.41. The Labute approximate surface area is 264 Å². The van der Waals surface area contributed by atoms with Crippen molar-refractivity contribution in [3.8, 4) is 11.5 Å². The van der Waals surface area contributed by atoms with Crippen molar-refractivity contribution in [2.24, 2.45) is 0 Å². The van der Waals surface area contributed by atoms with Crippen LogP contribution in [-0.4, -0.2) is 46.1 Å². The van der Waals surface area contributed by atoms with Crippen molar-refractivity contribution in [1.82, 2.24) is 10.2 Å². The van der Waals surface area contributed by atoms with Crippen LogP contribution in [0, 0.1) is 10.1 Å². The van der Waals surface area contributed by atoms with Crippen LogP contribution in [0.25, 0.3) is 16.5 Å². The number of nitrogens with zero attached hydrogens (tertiary/aromatic N) is 4. The SMILES string of the molecule is COc1ccc(C(O)=C2C(=O)C(=O)N(c3nnc(SCc4cccc5ccccc45)s3)[C@@H]2c2cccc([N+](=O)[O-])c2)cc1OC. The van der Waals surface area contributed by atoms with Gasteiger partial charge in [0.25, 0.3) is 11.5 Å². The fourth-order valence-corrected chi connectivity index (χ4v) is 7.08. The molecule has 1 saturated heterocycles. The van der Waals surface area contributed by atoms with Crippen molar-refractivity contribution in [3.05, 3.63) is 117 Å². The molecule has 1 atom stereocenters. The molecule has 226 valence electrons. The molecule has 11 nitrogen and oxygen atoms in total. The van der Waals surface area contributed by atoms with Gasteiger partial charge in [-0.3, -0.25) is 24.6 Å². The van der Waals surface area contributed by atoms with Gasteiger partial charge < -0.3 is 14.6 Å². The van der Waals surface area contributed by atoms with Gasteiger partial charge in [-0.2, -0.15) is 0 Å². The van der Waals surface area contributed by atoms with Gasteiger partial charge in [-0.1, -0.05) is 77.7 Å². The first-order valence-corrected chi connectivity index (χ1v) is 15.3. The Morgan fingerprint density at radius 3 is 2.51 bits per heavy atom. The number of fused-ring (bicyclic) bond motifs is 1. The zero-order valence-corrected chi connectivity index (χ0v) is 25.5. The lowest BCUT2D eigenvalue weighted by Gasteiger charge is -2.22. The highest BCUT2D eigenvalue weighted by molar-refractivity contribution is 8.00. The molecule has 0 saturated carbocycles. The van der Waals surface area contributed by atoms with E-state index in [1.54, 1.807) is 12.1 Å². The van der Waals surface area contributed by atoms with Crippen molar-refractivity contribution < 1.29 is 29.1 Å². The summed E-state index contributed by atoms with van der Waals surface area (Å²) < 4.78 is 11.2. The molecule has 1 aromatic heterocycles. The maximum Gasteiger partial charge on any atom is 0.301 e. The molecule has 4 aromatic carbocycles. The molecule has 0 unspecified atom stereocenters. The van der Waals surface area contributed by atoms with Crippen LogP contribution in [0.1, 0.15) is 22.7 Å². The molecule has 1 N–H and O–H groups in total. The highest BCUT2D eigenvalue weighted by Crippen LogP contribution is 2.45. The van der Waals surface area contributed by atoms with Crippen LogP contribution in [0.4, 0.5) is 10.8 Å². The normalized spacial score (nSPS) is 15.9. The standard InChI is InChI=1S/C32H24N4O7S2/c1-42-24-14-13-20(16-25(24)43-2)28(37)26-27(19-9-6-11-22(15-19)36(40)41)35(30(39)29(26)38)31-33-34-32(45-31)44-17-21-10-5-8-18-7-3-4-12-23(18)21/h3-16,27,37H,17H2,1-2H3/t27-/m1/s1. The summed E-state index contributed by atoms with van der Waals surface area (Å²) in [4.78, 5) is 39.4. The van der Waals surface area contributed by atoms with Crippen molar-refractivity contribution in [2.75, 3.05) is 19.1 Å². The second-order valence-corrected chi connectivity index (χ2v) is 12.0. The Bertz CT molecular complexity index is 2000. The van der Waals surface area contributed by atoms with Crippen LogP contribution >= 0.6 is 23.1 Å². The van der Waals surface area contributed by atoms with Gasteiger partial charge in [0.1, 0.15) is 5.76 Å². The zero-order chi connectivity index (χ0) is 31.7. The smallest absolute Gasteiger partial charge is 0.301 e. The van der Waals surface area contributed by atoms with Crippen LogP contribution in [0.3, 0.4) is 0 Å². The average Bonchev–Trinajstić information content (AvgIpc) is 3.64. The van der Waals surface area contributed by atoms with E-state index in [9.17, 15) is 24.8 Å². The highest BCUT2D eigenvalue weighted by Gasteiger charge is 2.48. The number of aliphatic hydroxyl groups excluding tert-OH is 1. The summed E-state index contributed by atoms with van der Waals surface area (Å²) in [7, 11) is 2.89. The molecule has 1 aliphatic rings. The quantitative estimate of drug-likeness (QED) is 0.0359. The molecular weight excluding hydrogens is 617 g/mol. The van der Waals surface area contributed by atoms with Gasteiger partial charge in [0.15, 0.2) is 15.8 Å². The van der Waals surface area contributed by atoms with E-state index < -0.39 is 28.4 Å². The number of hydrogen-bond acceptors (Lipinski definition) is 11. The van der Waals surface area contributed by atoms with E-state index in [4.69, 9.17) is 9.47 Å². The number of aliphatic hydroxyl groups is 1. The maximum absolute atomic E-state index is 13.6. The van der Waals surface area contributed by atoms with E-state index in [2.05, 4.69) is 10.2 Å². The Hall–Kier alpha value is -5.27. The first kappa shape index (κ1) is 29.8. The number of non-ortho nitro benzene ring substituents is 1. The second kappa shape index (κ2) is 12.4. The van der Waals surface area contributed by atoms with Crippen LogP contribution < -0.4 is 14.4 Å². The number of anilines is 1. The second-order valence-electron chi connectivity index (χ2n) is 9.87. The van der Waals surface area contributed by atoms with Gasteiger partial charge in [0.2, 0.25) is 5.13 Å². The number of carbonyl (C=O) groups is 2. The minimum atomic E-state index is -1.22. The molecule has 0 bridgehead atoms. The molecule has 0 aliphatic carbocycles. The molecular formula is C32H24N4O7S2. The number of rotatable bonds is 9. The third kappa shape index (κ3) is 5.58. The maximum atomic E-state index is 13.6. The summed E-state index contributed by atoms with van der Waals surface area (Å²) in [5, 5.41) is 34.0. The summed E-state index contributed by atoms with van der Waals surface area (Å²) in [6.45, 7) is 0. The van der Waals surface area contributed by atoms with Crippen molar-refractivity contribution in [1.29, 1.82) is 0 Å². The van der Waals surface area contributed by atoms with E-state index in [0.717, 1.165) is 32.6 Å². The van der Waals surface area contributed by atoms with Gasteiger partial charge in [0, 0.05) is 23.4 Å². The van der Waals surface area contributed by atoms with Crippen molar-refractivity contribution in [2.45, 2.75) is 16.1 Å². The number of aromatic nitrogens is 2.